The minimum atomic E-state index is -4.79. The van der Waals surface area contributed by atoms with E-state index in [1.54, 1.807) is 0 Å². The van der Waals surface area contributed by atoms with E-state index in [-0.39, 0.29) is 22.8 Å². The number of phenols is 1. The van der Waals surface area contributed by atoms with Crippen molar-refractivity contribution in [3.05, 3.63) is 65.2 Å². The highest BCUT2D eigenvalue weighted by atomic mass is 32.2. The van der Waals surface area contributed by atoms with Crippen LogP contribution in [-0.4, -0.2) is 5.11 Å². The van der Waals surface area contributed by atoms with Crippen molar-refractivity contribution in [3.63, 3.8) is 0 Å². The molecule has 0 fully saturated rings. The van der Waals surface area contributed by atoms with Gasteiger partial charge in [0.15, 0.2) is 0 Å². The second-order valence-electron chi connectivity index (χ2n) is 5.56. The van der Waals surface area contributed by atoms with Crippen LogP contribution in [-0.2, 0) is 11.9 Å². The van der Waals surface area contributed by atoms with Crippen LogP contribution in [0.3, 0.4) is 0 Å². The van der Waals surface area contributed by atoms with Gasteiger partial charge in [-0.3, -0.25) is 0 Å². The summed E-state index contributed by atoms with van der Waals surface area (Å²) in [7, 11) is 0. The molecule has 0 unspecified atom stereocenters. The van der Waals surface area contributed by atoms with Gasteiger partial charge < -0.3 is 10.8 Å². The molecule has 0 aliphatic heterocycles. The quantitative estimate of drug-likeness (QED) is 0.262. The number of fused-ring (bicyclic) bond motifs is 1. The van der Waals surface area contributed by atoms with Crippen LogP contribution in [0.4, 0.5) is 27.6 Å². The first kappa shape index (κ1) is 18.3. The highest BCUT2D eigenvalue weighted by molar-refractivity contribution is 7.98. The maximum atomic E-state index is 14.1. The van der Waals surface area contributed by atoms with E-state index in [2.05, 4.69) is 0 Å². The summed E-state index contributed by atoms with van der Waals surface area (Å²) in [6, 6.07) is 8.11. The van der Waals surface area contributed by atoms with Crippen molar-refractivity contribution in [1.29, 1.82) is 0 Å². The maximum Gasteiger partial charge on any atom is 0.419 e. The van der Waals surface area contributed by atoms with E-state index in [1.165, 1.54) is 30.3 Å². The lowest BCUT2D eigenvalue weighted by atomic mass is 10.1. The normalized spacial score (nSPS) is 11.9. The number of hydrogen-bond acceptors (Lipinski definition) is 3. The second kappa shape index (κ2) is 6.68. The number of benzene rings is 3. The molecular formula is C18H12F5NOS. The Morgan fingerprint density at radius 2 is 1.73 bits per heavy atom. The summed E-state index contributed by atoms with van der Waals surface area (Å²) in [4.78, 5) is 0.378. The number of nitrogens with two attached hydrogens (primary N) is 1. The molecule has 0 aliphatic rings. The monoisotopic (exact) mass is 385 g/mol. The van der Waals surface area contributed by atoms with Crippen molar-refractivity contribution < 1.29 is 27.1 Å². The molecular weight excluding hydrogens is 373 g/mol. The summed E-state index contributed by atoms with van der Waals surface area (Å²) in [5.41, 5.74) is 4.35. The fourth-order valence-corrected chi connectivity index (χ4v) is 3.61. The standard InChI is InChI=1S/C18H12F5NOS/c19-10-4-5-11-12(6-10)15(7-14(25)17(11)24)26-8-9-2-1-3-13(16(9)20)18(21,22)23/h1-7,25H,8,24H2. The number of anilines is 1. The van der Waals surface area contributed by atoms with Crippen LogP contribution in [0.15, 0.2) is 47.4 Å². The fraction of sp³-hybridized carbons (Fsp3) is 0.111. The number of aromatic hydroxyl groups is 1. The van der Waals surface area contributed by atoms with Gasteiger partial charge in [-0.2, -0.15) is 13.2 Å². The van der Waals surface area contributed by atoms with Gasteiger partial charge in [-0.05, 0) is 35.9 Å². The van der Waals surface area contributed by atoms with Crippen molar-refractivity contribution in [2.75, 3.05) is 5.73 Å². The molecule has 0 radical (unpaired) electrons. The summed E-state index contributed by atoms with van der Waals surface area (Å²) in [6.45, 7) is 0. The molecule has 0 saturated heterocycles. The zero-order valence-corrected chi connectivity index (χ0v) is 13.9. The first-order valence-corrected chi connectivity index (χ1v) is 8.35. The van der Waals surface area contributed by atoms with E-state index in [4.69, 9.17) is 5.73 Å². The first-order chi connectivity index (χ1) is 12.2. The molecule has 0 saturated carbocycles. The third kappa shape index (κ3) is 3.41. The van der Waals surface area contributed by atoms with E-state index < -0.39 is 23.4 Å². The average Bonchev–Trinajstić information content (AvgIpc) is 2.56. The molecule has 0 aliphatic carbocycles. The van der Waals surface area contributed by atoms with Crippen molar-refractivity contribution in [3.8, 4) is 5.75 Å². The Bertz CT molecular complexity index is 987. The van der Waals surface area contributed by atoms with Crippen molar-refractivity contribution in [2.45, 2.75) is 16.8 Å². The topological polar surface area (TPSA) is 46.2 Å². The molecule has 136 valence electrons. The molecule has 0 heterocycles. The molecule has 3 rings (SSSR count). The summed E-state index contributed by atoms with van der Waals surface area (Å²) < 4.78 is 66.1. The number of rotatable bonds is 3. The largest absolute Gasteiger partial charge is 0.506 e. The maximum absolute atomic E-state index is 14.1. The lowest BCUT2D eigenvalue weighted by Crippen LogP contribution is -2.09. The van der Waals surface area contributed by atoms with Gasteiger partial charge in [0.05, 0.1) is 11.3 Å². The Kier molecular flexibility index (Phi) is 4.70. The molecule has 0 spiro atoms. The van der Waals surface area contributed by atoms with Gasteiger partial charge in [0.25, 0.3) is 0 Å². The Balaban J connectivity index is 1.99. The van der Waals surface area contributed by atoms with E-state index >= 15 is 0 Å². The third-order valence-corrected chi connectivity index (χ3v) is 4.95. The summed E-state index contributed by atoms with van der Waals surface area (Å²) in [5, 5.41) is 10.7. The van der Waals surface area contributed by atoms with E-state index in [0.717, 1.165) is 17.8 Å². The van der Waals surface area contributed by atoms with Crippen LogP contribution >= 0.6 is 11.8 Å². The molecule has 0 aromatic heterocycles. The molecule has 0 amide bonds. The number of hydrogen-bond donors (Lipinski definition) is 2. The van der Waals surface area contributed by atoms with Gasteiger partial charge in [-0.1, -0.05) is 12.1 Å². The Labute approximate surface area is 149 Å². The summed E-state index contributed by atoms with van der Waals surface area (Å²) in [5.74, 6) is -2.25. The number of thioether (sulfide) groups is 1. The van der Waals surface area contributed by atoms with Crippen LogP contribution in [0, 0.1) is 11.6 Å². The predicted molar refractivity (Wildman–Crippen MR) is 90.9 cm³/mol. The second-order valence-corrected chi connectivity index (χ2v) is 6.58. The SMILES string of the molecule is Nc1c(O)cc(SCc2cccc(C(F)(F)F)c2F)c2cc(F)ccc12. The Hall–Kier alpha value is -2.48. The lowest BCUT2D eigenvalue weighted by Gasteiger charge is -2.13. The van der Waals surface area contributed by atoms with Gasteiger partial charge in [0, 0.05) is 21.4 Å². The van der Waals surface area contributed by atoms with Crippen LogP contribution in [0.25, 0.3) is 10.8 Å². The highest BCUT2D eigenvalue weighted by Crippen LogP contribution is 2.40. The molecule has 3 N–H and O–H groups in total. The summed E-state index contributed by atoms with van der Waals surface area (Å²) in [6.07, 6.45) is -4.79. The van der Waals surface area contributed by atoms with Gasteiger partial charge >= 0.3 is 6.18 Å². The van der Waals surface area contributed by atoms with E-state index in [1.807, 2.05) is 0 Å². The molecule has 26 heavy (non-hydrogen) atoms. The molecule has 3 aromatic rings. The van der Waals surface area contributed by atoms with Crippen LogP contribution < -0.4 is 5.73 Å². The molecule has 3 aromatic carbocycles. The van der Waals surface area contributed by atoms with Gasteiger partial charge in [0.2, 0.25) is 0 Å². The van der Waals surface area contributed by atoms with Crippen molar-refractivity contribution in [2.24, 2.45) is 0 Å². The molecule has 8 heteroatoms. The molecule has 0 bridgehead atoms. The first-order valence-electron chi connectivity index (χ1n) is 7.36. The Morgan fingerprint density at radius 1 is 1.00 bits per heavy atom. The highest BCUT2D eigenvalue weighted by Gasteiger charge is 2.34. The third-order valence-electron chi connectivity index (χ3n) is 3.85. The lowest BCUT2D eigenvalue weighted by molar-refractivity contribution is -0.140. The average molecular weight is 385 g/mol. The number of phenolic OH excluding ortho intramolecular Hbond substituents is 1. The zero-order valence-electron chi connectivity index (χ0n) is 13.1. The smallest absolute Gasteiger partial charge is 0.419 e. The number of nitrogen functional groups attached to an aromatic ring is 1. The fourth-order valence-electron chi connectivity index (χ4n) is 2.56. The zero-order chi connectivity index (χ0) is 19.1. The van der Waals surface area contributed by atoms with Gasteiger partial charge in [-0.15, -0.1) is 11.8 Å². The van der Waals surface area contributed by atoms with Crippen molar-refractivity contribution >= 4 is 28.2 Å². The number of halogens is 5. The van der Waals surface area contributed by atoms with Crippen LogP contribution in [0.1, 0.15) is 11.1 Å². The molecule has 0 atom stereocenters. The predicted octanol–water partition coefficient (Wildman–Crippen LogP) is 5.72. The summed E-state index contributed by atoms with van der Waals surface area (Å²) >= 11 is 0.979. The van der Waals surface area contributed by atoms with Crippen LogP contribution in [0.2, 0.25) is 0 Å². The van der Waals surface area contributed by atoms with Gasteiger partial charge in [-0.25, -0.2) is 8.78 Å². The molecule has 2 nitrogen and oxygen atoms in total. The minimum Gasteiger partial charge on any atom is -0.506 e. The minimum absolute atomic E-state index is 0.0644. The number of alkyl halides is 3. The van der Waals surface area contributed by atoms with E-state index in [0.29, 0.717) is 21.7 Å². The van der Waals surface area contributed by atoms with Crippen LogP contribution in [0.5, 0.6) is 5.75 Å². The van der Waals surface area contributed by atoms with Gasteiger partial charge in [0.1, 0.15) is 17.4 Å². The Morgan fingerprint density at radius 3 is 2.42 bits per heavy atom. The van der Waals surface area contributed by atoms with Crippen molar-refractivity contribution in [1.82, 2.24) is 0 Å². The van der Waals surface area contributed by atoms with E-state index in [9.17, 15) is 27.1 Å².